The largest absolute Gasteiger partial charge is 0.480 e. The zero-order chi connectivity index (χ0) is 38.7. The van der Waals surface area contributed by atoms with E-state index in [9.17, 15) is 39.9 Å². The third kappa shape index (κ3) is 10.5. The van der Waals surface area contributed by atoms with Gasteiger partial charge in [0.1, 0.15) is 37.1 Å². The summed E-state index contributed by atoms with van der Waals surface area (Å²) in [5, 5.41) is 57.1. The van der Waals surface area contributed by atoms with Gasteiger partial charge in [-0.15, -0.1) is 0 Å². The highest BCUT2D eigenvalue weighted by atomic mass is 28.4. The molecule has 0 spiro atoms. The number of amides is 3. The van der Waals surface area contributed by atoms with Gasteiger partial charge in [0.25, 0.3) is 0 Å². The molecule has 0 aromatic heterocycles. The predicted octanol–water partition coefficient (Wildman–Crippen LogP) is 4.43. The fraction of sp³-hybridized carbons (Fsp3) is 0.605. The van der Waals surface area contributed by atoms with E-state index < -0.39 is 56.9 Å². The fourth-order valence-corrected chi connectivity index (χ4v) is 13.1. The number of rotatable bonds is 20. The number of carboxylic acids is 1. The number of carboxylic acid groups (broad SMARTS) is 1. The number of nitrogens with one attached hydrogen (secondary N) is 2. The standard InChI is InChI=1S/C38H59N3O10Si/c1-23(2)52(24(3)4,25(5)6)51-22-33(43)35(45)34(44)32(42)20-41(7)37(48)39-19-13-12-18-31(36(46)47)40-38(49)50-21-30-28-16-10-8-14-26(28)27-15-9-11-17-29(27)30/h8-11,14-17,23-25,30-35,42-45H,12-13,18-22H2,1-7H3,(H,39,48)(H,40,49)(H,46,47). The van der Waals surface area contributed by atoms with E-state index in [4.69, 9.17) is 9.16 Å². The quantitative estimate of drug-likeness (QED) is 0.0752. The summed E-state index contributed by atoms with van der Waals surface area (Å²) in [5.74, 6) is -1.36. The second-order valence-electron chi connectivity index (χ2n) is 14.7. The predicted molar refractivity (Wildman–Crippen MR) is 201 cm³/mol. The number of benzene rings is 2. The Kier molecular flexibility index (Phi) is 16.1. The second kappa shape index (κ2) is 19.5. The van der Waals surface area contributed by atoms with Gasteiger partial charge < -0.3 is 50.2 Å². The van der Waals surface area contributed by atoms with Crippen molar-refractivity contribution in [2.45, 2.75) is 114 Å². The van der Waals surface area contributed by atoms with Crippen molar-refractivity contribution in [3.63, 3.8) is 0 Å². The van der Waals surface area contributed by atoms with Crippen molar-refractivity contribution >= 4 is 26.4 Å². The van der Waals surface area contributed by atoms with Crippen LogP contribution in [0.3, 0.4) is 0 Å². The molecule has 0 saturated carbocycles. The van der Waals surface area contributed by atoms with Crippen molar-refractivity contribution in [3.05, 3.63) is 59.7 Å². The van der Waals surface area contributed by atoms with Gasteiger partial charge in [0, 0.05) is 19.5 Å². The number of hydrogen-bond acceptors (Lipinski definition) is 9. The molecule has 52 heavy (non-hydrogen) atoms. The van der Waals surface area contributed by atoms with Crippen LogP contribution < -0.4 is 10.6 Å². The summed E-state index contributed by atoms with van der Waals surface area (Å²) in [4.78, 5) is 38.2. The van der Waals surface area contributed by atoms with E-state index in [1.165, 1.54) is 7.05 Å². The molecular formula is C38H59N3O10Si. The lowest BCUT2D eigenvalue weighted by atomic mass is 9.98. The van der Waals surface area contributed by atoms with Crippen LogP contribution in [-0.2, 0) is 14.0 Å². The van der Waals surface area contributed by atoms with Crippen LogP contribution in [0.25, 0.3) is 11.1 Å². The maximum absolute atomic E-state index is 12.6. The van der Waals surface area contributed by atoms with Crippen molar-refractivity contribution in [1.82, 2.24) is 15.5 Å². The van der Waals surface area contributed by atoms with Gasteiger partial charge in [-0.2, -0.15) is 0 Å². The number of urea groups is 1. The summed E-state index contributed by atoms with van der Waals surface area (Å²) < 4.78 is 11.8. The molecule has 14 heteroatoms. The molecular weight excluding hydrogens is 687 g/mol. The summed E-state index contributed by atoms with van der Waals surface area (Å²) in [6, 6.07) is 14.1. The van der Waals surface area contributed by atoms with E-state index in [0.717, 1.165) is 27.2 Å². The normalized spacial score (nSPS) is 15.8. The number of fused-ring (bicyclic) bond motifs is 3. The molecule has 3 rings (SSSR count). The summed E-state index contributed by atoms with van der Waals surface area (Å²) >= 11 is 0. The van der Waals surface area contributed by atoms with E-state index in [0.29, 0.717) is 12.8 Å². The first-order valence-electron chi connectivity index (χ1n) is 18.2. The van der Waals surface area contributed by atoms with E-state index in [1.54, 1.807) is 0 Å². The van der Waals surface area contributed by atoms with Gasteiger partial charge in [-0.1, -0.05) is 90.1 Å². The number of carbonyl (C=O) groups is 3. The average Bonchev–Trinajstić information content (AvgIpc) is 3.42. The van der Waals surface area contributed by atoms with Crippen LogP contribution in [0.2, 0.25) is 16.6 Å². The van der Waals surface area contributed by atoms with Crippen LogP contribution in [0.1, 0.15) is 77.8 Å². The van der Waals surface area contributed by atoms with Crippen molar-refractivity contribution in [2.75, 3.05) is 33.4 Å². The molecule has 290 valence electrons. The smallest absolute Gasteiger partial charge is 0.407 e. The lowest BCUT2D eigenvalue weighted by Crippen LogP contribution is -2.53. The summed E-state index contributed by atoms with van der Waals surface area (Å²) in [6.45, 7) is 12.3. The molecule has 0 heterocycles. The van der Waals surface area contributed by atoms with Crippen molar-refractivity contribution in [3.8, 4) is 11.1 Å². The van der Waals surface area contributed by atoms with Gasteiger partial charge >= 0.3 is 18.1 Å². The Balaban J connectivity index is 1.39. The number of aliphatic hydroxyl groups excluding tert-OH is 4. The van der Waals surface area contributed by atoms with Gasteiger partial charge in [0.2, 0.25) is 0 Å². The molecule has 0 aliphatic heterocycles. The van der Waals surface area contributed by atoms with Crippen molar-refractivity contribution < 1.29 is 49.1 Å². The van der Waals surface area contributed by atoms with Crippen LogP contribution >= 0.6 is 0 Å². The molecule has 0 saturated heterocycles. The van der Waals surface area contributed by atoms with Gasteiger partial charge in [0.05, 0.1) is 13.2 Å². The Hall–Kier alpha value is -3.53. The molecule has 0 fully saturated rings. The van der Waals surface area contributed by atoms with E-state index in [-0.39, 0.29) is 55.3 Å². The van der Waals surface area contributed by atoms with Crippen molar-refractivity contribution in [1.29, 1.82) is 0 Å². The molecule has 0 radical (unpaired) electrons. The summed E-state index contributed by atoms with van der Waals surface area (Å²) in [5.41, 5.74) is 5.02. The first-order valence-corrected chi connectivity index (χ1v) is 20.4. The zero-order valence-electron chi connectivity index (χ0n) is 31.5. The fourth-order valence-electron chi connectivity index (χ4n) is 7.60. The highest BCUT2D eigenvalue weighted by Gasteiger charge is 2.46. The number of ether oxygens (including phenoxy) is 1. The SMILES string of the molecule is CC(C)[Si](OCC(O)C(O)C(O)C(O)CN(C)C(=O)NCCCCC(NC(=O)OCC1c2ccccc2-c2ccccc21)C(=O)O)(C(C)C)C(C)C. The minimum atomic E-state index is -2.34. The molecule has 1 aliphatic rings. The topological polar surface area (TPSA) is 198 Å². The Morgan fingerprint density at radius 2 is 1.33 bits per heavy atom. The van der Waals surface area contributed by atoms with Crippen LogP contribution in [0.15, 0.2) is 48.5 Å². The maximum atomic E-state index is 12.6. The second-order valence-corrected chi connectivity index (χ2v) is 20.2. The first kappa shape index (κ1) is 42.9. The van der Waals surface area contributed by atoms with Crippen LogP contribution in [0.4, 0.5) is 9.59 Å². The van der Waals surface area contributed by atoms with Crippen LogP contribution in [0, 0.1) is 0 Å². The number of hydrogen-bond donors (Lipinski definition) is 7. The Morgan fingerprint density at radius 3 is 1.85 bits per heavy atom. The third-order valence-corrected chi connectivity index (χ3v) is 16.4. The Bertz CT molecular complexity index is 1410. The first-order chi connectivity index (χ1) is 24.5. The minimum absolute atomic E-state index is 0.0579. The van der Waals surface area contributed by atoms with E-state index >= 15 is 0 Å². The van der Waals surface area contributed by atoms with Crippen LogP contribution in [-0.4, -0.2) is 121 Å². The van der Waals surface area contributed by atoms with E-state index in [1.807, 2.05) is 48.5 Å². The summed E-state index contributed by atoms with van der Waals surface area (Å²) in [7, 11) is -0.929. The molecule has 2 aromatic rings. The zero-order valence-corrected chi connectivity index (χ0v) is 32.5. The van der Waals surface area contributed by atoms with Crippen molar-refractivity contribution in [2.24, 2.45) is 0 Å². The van der Waals surface area contributed by atoms with Gasteiger partial charge in [-0.25, -0.2) is 14.4 Å². The highest BCUT2D eigenvalue weighted by Crippen LogP contribution is 2.45. The van der Waals surface area contributed by atoms with Gasteiger partial charge in [-0.05, 0) is 58.1 Å². The number of alkyl carbamates (subject to hydrolysis) is 1. The molecule has 13 nitrogen and oxygen atoms in total. The van der Waals surface area contributed by atoms with Crippen LogP contribution in [0.5, 0.6) is 0 Å². The Labute approximate surface area is 308 Å². The molecule has 3 amide bonds. The highest BCUT2D eigenvalue weighted by molar-refractivity contribution is 6.77. The lowest BCUT2D eigenvalue weighted by molar-refractivity contribution is -0.139. The lowest BCUT2D eigenvalue weighted by Gasteiger charge is -2.43. The number of aliphatic hydroxyl groups is 4. The average molecular weight is 746 g/mol. The number of aliphatic carboxylic acids is 1. The number of unbranched alkanes of at least 4 members (excludes halogenated alkanes) is 1. The molecule has 0 bridgehead atoms. The summed E-state index contributed by atoms with van der Waals surface area (Å²) in [6.07, 6.45) is -6.38. The number of likely N-dealkylation sites (N-methyl/N-ethyl adjacent to an activating group) is 1. The van der Waals surface area contributed by atoms with Gasteiger partial charge in [0.15, 0.2) is 8.32 Å². The molecule has 5 unspecified atom stereocenters. The molecule has 5 atom stereocenters. The monoisotopic (exact) mass is 745 g/mol. The minimum Gasteiger partial charge on any atom is -0.480 e. The molecule has 1 aliphatic carbocycles. The van der Waals surface area contributed by atoms with E-state index in [2.05, 4.69) is 52.2 Å². The third-order valence-electron chi connectivity index (χ3n) is 10.3. The Morgan fingerprint density at radius 1 is 0.808 bits per heavy atom. The number of carbonyl (C=O) groups excluding carboxylic acids is 2. The van der Waals surface area contributed by atoms with Gasteiger partial charge in [-0.3, -0.25) is 0 Å². The maximum Gasteiger partial charge on any atom is 0.407 e. The molecule has 2 aromatic carbocycles. The molecule has 7 N–H and O–H groups in total. The number of nitrogens with zero attached hydrogens (tertiary/aromatic N) is 1.